The number of nitrogens with zero attached hydrogens (tertiary/aromatic N) is 1. The van der Waals surface area contributed by atoms with Gasteiger partial charge in [-0.2, -0.15) is 0 Å². The minimum absolute atomic E-state index is 0.0274. The van der Waals surface area contributed by atoms with E-state index in [9.17, 15) is 9.59 Å². The third-order valence-electron chi connectivity index (χ3n) is 3.71. The Balaban J connectivity index is 2.52. The van der Waals surface area contributed by atoms with Crippen LogP contribution < -0.4 is 5.32 Å². The smallest absolute Gasteiger partial charge is 0.326 e. The van der Waals surface area contributed by atoms with E-state index in [4.69, 9.17) is 10.2 Å². The second kappa shape index (κ2) is 7.99. The summed E-state index contributed by atoms with van der Waals surface area (Å²) in [7, 11) is 1.71. The van der Waals surface area contributed by atoms with Crippen LogP contribution in [0.4, 0.5) is 4.79 Å². The molecule has 0 heterocycles. The molecule has 0 aliphatic heterocycles. The standard InChI is InChI=1S/C13H24N2O4/c1-15(10-6-4-2-3-5-7-10)13(19)14-11(8-9-16)12(17)18/h10-11,16H,2-9H2,1H3,(H,14,19)(H,17,18)/t11-/m0/s1. The van der Waals surface area contributed by atoms with Gasteiger partial charge in [-0.05, 0) is 12.8 Å². The highest BCUT2D eigenvalue weighted by molar-refractivity contribution is 5.82. The van der Waals surface area contributed by atoms with E-state index < -0.39 is 12.0 Å². The van der Waals surface area contributed by atoms with Crippen molar-refractivity contribution in [2.45, 2.75) is 57.0 Å². The summed E-state index contributed by atoms with van der Waals surface area (Å²) in [5.41, 5.74) is 0. The minimum atomic E-state index is -1.11. The molecule has 19 heavy (non-hydrogen) atoms. The summed E-state index contributed by atoms with van der Waals surface area (Å²) in [5.74, 6) is -1.11. The third kappa shape index (κ3) is 5.06. The zero-order chi connectivity index (χ0) is 14.3. The Morgan fingerprint density at radius 2 is 1.84 bits per heavy atom. The normalized spacial score (nSPS) is 18.4. The molecule has 1 atom stereocenters. The van der Waals surface area contributed by atoms with Crippen molar-refractivity contribution in [2.24, 2.45) is 0 Å². The number of aliphatic hydroxyl groups excluding tert-OH is 1. The second-order valence-electron chi connectivity index (χ2n) is 5.11. The number of urea groups is 1. The quantitative estimate of drug-likeness (QED) is 0.656. The summed E-state index contributed by atoms with van der Waals surface area (Å²) in [4.78, 5) is 24.6. The van der Waals surface area contributed by atoms with Gasteiger partial charge in [0.25, 0.3) is 0 Å². The Hall–Kier alpha value is -1.30. The van der Waals surface area contributed by atoms with Crippen LogP contribution in [-0.2, 0) is 4.79 Å². The van der Waals surface area contributed by atoms with Crippen molar-refractivity contribution >= 4 is 12.0 Å². The van der Waals surface area contributed by atoms with Gasteiger partial charge in [0, 0.05) is 26.1 Å². The second-order valence-corrected chi connectivity index (χ2v) is 5.11. The first-order valence-electron chi connectivity index (χ1n) is 6.93. The molecular weight excluding hydrogens is 248 g/mol. The topological polar surface area (TPSA) is 89.9 Å². The molecule has 0 bridgehead atoms. The molecule has 1 aliphatic rings. The van der Waals surface area contributed by atoms with Gasteiger partial charge in [-0.25, -0.2) is 9.59 Å². The van der Waals surface area contributed by atoms with Crippen LogP contribution in [0.25, 0.3) is 0 Å². The van der Waals surface area contributed by atoms with Gasteiger partial charge in [0.2, 0.25) is 0 Å². The lowest BCUT2D eigenvalue weighted by Crippen LogP contribution is -2.50. The van der Waals surface area contributed by atoms with Crippen molar-refractivity contribution < 1.29 is 19.8 Å². The van der Waals surface area contributed by atoms with Crippen molar-refractivity contribution in [3.63, 3.8) is 0 Å². The molecule has 1 saturated carbocycles. The van der Waals surface area contributed by atoms with Gasteiger partial charge in [0.05, 0.1) is 0 Å². The van der Waals surface area contributed by atoms with Crippen molar-refractivity contribution in [2.75, 3.05) is 13.7 Å². The van der Waals surface area contributed by atoms with Gasteiger partial charge < -0.3 is 20.4 Å². The molecule has 6 heteroatoms. The number of carboxylic acids is 1. The Kier molecular flexibility index (Phi) is 6.62. The number of hydrogen-bond acceptors (Lipinski definition) is 3. The maximum atomic E-state index is 12.0. The zero-order valence-electron chi connectivity index (χ0n) is 11.5. The molecule has 0 radical (unpaired) electrons. The lowest BCUT2D eigenvalue weighted by molar-refractivity contribution is -0.139. The number of carbonyl (C=O) groups excluding carboxylic acids is 1. The molecule has 0 aromatic rings. The highest BCUT2D eigenvalue weighted by Gasteiger charge is 2.25. The van der Waals surface area contributed by atoms with Crippen molar-refractivity contribution in [1.29, 1.82) is 0 Å². The van der Waals surface area contributed by atoms with Crippen LogP contribution in [0.2, 0.25) is 0 Å². The van der Waals surface area contributed by atoms with Crippen LogP contribution in [0.15, 0.2) is 0 Å². The lowest BCUT2D eigenvalue weighted by Gasteiger charge is -2.28. The van der Waals surface area contributed by atoms with Gasteiger partial charge in [-0.3, -0.25) is 0 Å². The highest BCUT2D eigenvalue weighted by Crippen LogP contribution is 2.21. The zero-order valence-corrected chi connectivity index (χ0v) is 11.5. The molecule has 2 amide bonds. The number of aliphatic carboxylic acids is 1. The maximum Gasteiger partial charge on any atom is 0.326 e. The Labute approximate surface area is 113 Å². The van der Waals surface area contributed by atoms with Crippen LogP contribution in [0.3, 0.4) is 0 Å². The molecule has 3 N–H and O–H groups in total. The monoisotopic (exact) mass is 272 g/mol. The van der Waals surface area contributed by atoms with Crippen molar-refractivity contribution in [3.8, 4) is 0 Å². The van der Waals surface area contributed by atoms with E-state index in [2.05, 4.69) is 5.32 Å². The number of hydrogen-bond donors (Lipinski definition) is 3. The first-order chi connectivity index (χ1) is 9.06. The molecule has 110 valence electrons. The van der Waals surface area contributed by atoms with Crippen molar-refractivity contribution in [3.05, 3.63) is 0 Å². The van der Waals surface area contributed by atoms with E-state index in [0.29, 0.717) is 0 Å². The predicted molar refractivity (Wildman–Crippen MR) is 70.9 cm³/mol. The molecule has 0 spiro atoms. The maximum absolute atomic E-state index is 12.0. The number of nitrogens with one attached hydrogen (secondary N) is 1. The average molecular weight is 272 g/mol. The molecule has 1 rings (SSSR count). The van der Waals surface area contributed by atoms with Gasteiger partial charge in [0.1, 0.15) is 6.04 Å². The average Bonchev–Trinajstić information content (AvgIpc) is 2.65. The van der Waals surface area contributed by atoms with E-state index in [1.54, 1.807) is 11.9 Å². The van der Waals surface area contributed by atoms with Gasteiger partial charge in [-0.1, -0.05) is 25.7 Å². The first kappa shape index (κ1) is 15.8. The fraction of sp³-hybridized carbons (Fsp3) is 0.846. The van der Waals surface area contributed by atoms with Crippen LogP contribution in [0.1, 0.15) is 44.9 Å². The van der Waals surface area contributed by atoms with Crippen LogP contribution >= 0.6 is 0 Å². The predicted octanol–water partition coefficient (Wildman–Crippen LogP) is 1.19. The SMILES string of the molecule is CN(C(=O)N[C@@H](CCO)C(=O)O)C1CCCCCC1. The molecule has 0 aromatic heterocycles. The number of rotatable bonds is 5. The summed E-state index contributed by atoms with van der Waals surface area (Å²) < 4.78 is 0. The van der Waals surface area contributed by atoms with Crippen LogP contribution in [0.5, 0.6) is 0 Å². The summed E-state index contributed by atoms with van der Waals surface area (Å²) in [5, 5.41) is 20.2. The summed E-state index contributed by atoms with van der Waals surface area (Å²) in [6.45, 7) is -0.260. The van der Waals surface area contributed by atoms with Crippen LogP contribution in [0, 0.1) is 0 Å². The Bertz CT molecular complexity index is 301. The van der Waals surface area contributed by atoms with Crippen LogP contribution in [-0.4, -0.2) is 52.9 Å². The Morgan fingerprint density at radius 3 is 2.32 bits per heavy atom. The molecule has 0 unspecified atom stereocenters. The number of amides is 2. The van der Waals surface area contributed by atoms with Gasteiger partial charge in [-0.15, -0.1) is 0 Å². The fourth-order valence-electron chi connectivity index (χ4n) is 2.45. The summed E-state index contributed by atoms with van der Waals surface area (Å²) in [6.07, 6.45) is 6.61. The van der Waals surface area contributed by atoms with E-state index in [0.717, 1.165) is 25.7 Å². The number of carbonyl (C=O) groups is 2. The van der Waals surface area contributed by atoms with Gasteiger partial charge in [0.15, 0.2) is 0 Å². The third-order valence-corrected chi connectivity index (χ3v) is 3.71. The molecule has 0 aromatic carbocycles. The molecule has 6 nitrogen and oxygen atoms in total. The first-order valence-corrected chi connectivity index (χ1v) is 6.93. The van der Waals surface area contributed by atoms with E-state index >= 15 is 0 Å². The van der Waals surface area contributed by atoms with E-state index in [1.165, 1.54) is 12.8 Å². The summed E-state index contributed by atoms with van der Waals surface area (Å²) >= 11 is 0. The number of carboxylic acid groups (broad SMARTS) is 1. The lowest BCUT2D eigenvalue weighted by atomic mass is 10.1. The molecule has 0 saturated heterocycles. The molecular formula is C13H24N2O4. The Morgan fingerprint density at radius 1 is 1.26 bits per heavy atom. The summed E-state index contributed by atoms with van der Waals surface area (Å²) in [6, 6.07) is -1.20. The fourth-order valence-corrected chi connectivity index (χ4v) is 2.45. The highest BCUT2D eigenvalue weighted by atomic mass is 16.4. The largest absolute Gasteiger partial charge is 0.480 e. The van der Waals surface area contributed by atoms with Gasteiger partial charge >= 0.3 is 12.0 Å². The molecule has 1 fully saturated rings. The minimum Gasteiger partial charge on any atom is -0.480 e. The van der Waals surface area contributed by atoms with E-state index in [-0.39, 0.29) is 25.1 Å². The van der Waals surface area contributed by atoms with E-state index in [1.807, 2.05) is 0 Å². The molecule has 1 aliphatic carbocycles. The number of aliphatic hydroxyl groups is 1. The van der Waals surface area contributed by atoms with Crippen molar-refractivity contribution in [1.82, 2.24) is 10.2 Å².